The van der Waals surface area contributed by atoms with E-state index in [1.54, 1.807) is 22.2 Å². The highest BCUT2D eigenvalue weighted by Crippen LogP contribution is 2.23. The van der Waals surface area contributed by atoms with Gasteiger partial charge >= 0.3 is 0 Å². The lowest BCUT2D eigenvalue weighted by atomic mass is 10.2. The van der Waals surface area contributed by atoms with Crippen LogP contribution in [0.25, 0.3) is 15.8 Å². The number of aliphatic hydroxyl groups is 1. The summed E-state index contributed by atoms with van der Waals surface area (Å²) < 4.78 is 2.96. The fourth-order valence-corrected chi connectivity index (χ4v) is 2.63. The summed E-state index contributed by atoms with van der Waals surface area (Å²) in [5, 5.41) is 21.0. The molecule has 1 unspecified atom stereocenters. The summed E-state index contributed by atoms with van der Waals surface area (Å²) in [6.07, 6.45) is 1.88. The van der Waals surface area contributed by atoms with Gasteiger partial charge in [0.25, 0.3) is 0 Å². The molecule has 0 aliphatic carbocycles. The van der Waals surface area contributed by atoms with Crippen molar-refractivity contribution in [1.82, 2.24) is 15.0 Å². The summed E-state index contributed by atoms with van der Waals surface area (Å²) in [4.78, 5) is 0. The van der Waals surface area contributed by atoms with Gasteiger partial charge in [-0.1, -0.05) is 12.1 Å². The molecule has 2 aromatic heterocycles. The van der Waals surface area contributed by atoms with Crippen LogP contribution in [0.2, 0.25) is 0 Å². The lowest BCUT2D eigenvalue weighted by Crippen LogP contribution is -1.95. The van der Waals surface area contributed by atoms with Crippen LogP contribution in [0.4, 0.5) is 0 Å². The van der Waals surface area contributed by atoms with Crippen molar-refractivity contribution >= 4 is 21.4 Å². The van der Waals surface area contributed by atoms with Gasteiger partial charge in [-0.25, -0.2) is 4.68 Å². The first kappa shape index (κ1) is 11.4. The van der Waals surface area contributed by atoms with Gasteiger partial charge in [-0.3, -0.25) is 0 Å². The summed E-state index contributed by atoms with van der Waals surface area (Å²) >= 11 is 1.72. The molecular formula is C13H13N3OS. The molecule has 0 aliphatic rings. The van der Waals surface area contributed by atoms with Crippen molar-refractivity contribution in [1.29, 1.82) is 0 Å². The molecule has 0 spiro atoms. The minimum atomic E-state index is -0.538. The Bertz CT molecular complexity index is 673. The largest absolute Gasteiger partial charge is 0.387 e. The quantitative estimate of drug-likeness (QED) is 0.786. The lowest BCUT2D eigenvalue weighted by molar-refractivity contribution is 0.169. The second-order valence-electron chi connectivity index (χ2n) is 4.15. The molecule has 18 heavy (non-hydrogen) atoms. The van der Waals surface area contributed by atoms with Crippen molar-refractivity contribution in [2.75, 3.05) is 0 Å². The number of hydrogen-bond acceptors (Lipinski definition) is 4. The maximum Gasteiger partial charge on any atom is 0.112 e. The van der Waals surface area contributed by atoms with Crippen molar-refractivity contribution < 1.29 is 5.11 Å². The molecule has 1 atom stereocenters. The third kappa shape index (κ3) is 1.91. The summed E-state index contributed by atoms with van der Waals surface area (Å²) in [7, 11) is 0. The first-order valence-electron chi connectivity index (χ1n) is 5.86. The maximum atomic E-state index is 9.71. The topological polar surface area (TPSA) is 50.9 Å². The van der Waals surface area contributed by atoms with Gasteiger partial charge in [-0.15, -0.1) is 16.4 Å². The Morgan fingerprint density at radius 2 is 2.28 bits per heavy atom. The molecule has 0 aliphatic heterocycles. The predicted molar refractivity (Wildman–Crippen MR) is 72.0 cm³/mol. The number of nitrogens with zero attached hydrogens (tertiary/aromatic N) is 3. The number of benzene rings is 1. The Balaban J connectivity index is 2.00. The van der Waals surface area contributed by atoms with E-state index in [1.807, 2.05) is 13.0 Å². The van der Waals surface area contributed by atoms with E-state index in [-0.39, 0.29) is 0 Å². The number of rotatable bonds is 3. The van der Waals surface area contributed by atoms with E-state index in [1.165, 1.54) is 10.1 Å². The third-order valence-corrected chi connectivity index (χ3v) is 3.84. The molecule has 0 saturated carbocycles. The second kappa shape index (κ2) is 4.51. The second-order valence-corrected chi connectivity index (χ2v) is 5.10. The Labute approximate surface area is 108 Å². The molecule has 0 amide bonds. The number of aromatic nitrogens is 3. The van der Waals surface area contributed by atoms with E-state index in [0.29, 0.717) is 12.1 Å². The first-order chi connectivity index (χ1) is 8.78. The molecule has 3 rings (SSSR count). The normalized spacial score (nSPS) is 13.0. The molecule has 5 heteroatoms. The maximum absolute atomic E-state index is 9.71. The molecule has 1 aromatic carbocycles. The Morgan fingerprint density at radius 3 is 3.11 bits per heavy atom. The Hall–Kier alpha value is -1.72. The highest BCUT2D eigenvalue weighted by molar-refractivity contribution is 7.17. The monoisotopic (exact) mass is 259 g/mol. The highest BCUT2D eigenvalue weighted by Gasteiger charge is 2.10. The third-order valence-electron chi connectivity index (χ3n) is 2.94. The van der Waals surface area contributed by atoms with E-state index in [0.717, 1.165) is 5.69 Å². The van der Waals surface area contributed by atoms with Crippen LogP contribution in [0.15, 0.2) is 35.8 Å². The van der Waals surface area contributed by atoms with Gasteiger partial charge in [0, 0.05) is 4.70 Å². The van der Waals surface area contributed by atoms with Crippen LogP contribution in [-0.2, 0) is 0 Å². The zero-order valence-corrected chi connectivity index (χ0v) is 10.8. The van der Waals surface area contributed by atoms with Gasteiger partial charge in [-0.05, 0) is 41.5 Å². The first-order valence-corrected chi connectivity index (χ1v) is 6.74. The molecule has 3 aromatic rings. The molecule has 0 saturated heterocycles. The van der Waals surface area contributed by atoms with Crippen molar-refractivity contribution in [2.24, 2.45) is 0 Å². The van der Waals surface area contributed by atoms with Crippen molar-refractivity contribution in [3.8, 4) is 5.69 Å². The molecular weight excluding hydrogens is 246 g/mol. The zero-order valence-electron chi connectivity index (χ0n) is 9.95. The van der Waals surface area contributed by atoms with Crippen molar-refractivity contribution in [2.45, 2.75) is 19.4 Å². The van der Waals surface area contributed by atoms with E-state index < -0.39 is 6.10 Å². The van der Waals surface area contributed by atoms with Crippen molar-refractivity contribution in [3.63, 3.8) is 0 Å². The van der Waals surface area contributed by atoms with E-state index in [4.69, 9.17) is 0 Å². The molecule has 92 valence electrons. The number of thiophene rings is 1. The fourth-order valence-electron chi connectivity index (χ4n) is 1.86. The summed E-state index contributed by atoms with van der Waals surface area (Å²) in [6.45, 7) is 1.92. The fraction of sp³-hybridized carbons (Fsp3) is 0.231. The minimum absolute atomic E-state index is 0.538. The van der Waals surface area contributed by atoms with Gasteiger partial charge < -0.3 is 5.11 Å². The van der Waals surface area contributed by atoms with Crippen LogP contribution in [0.3, 0.4) is 0 Å². The average Bonchev–Trinajstić information content (AvgIpc) is 3.05. The van der Waals surface area contributed by atoms with Gasteiger partial charge in [0.15, 0.2) is 0 Å². The lowest BCUT2D eigenvalue weighted by Gasteiger charge is -2.01. The van der Waals surface area contributed by atoms with Gasteiger partial charge in [0.1, 0.15) is 5.69 Å². The Morgan fingerprint density at radius 1 is 1.39 bits per heavy atom. The SMILES string of the molecule is CCC(O)c1cn(-c2ccc3sccc3c2)nn1. The number of fused-ring (bicyclic) bond motifs is 1. The van der Waals surface area contributed by atoms with Crippen LogP contribution in [0, 0.1) is 0 Å². The molecule has 0 bridgehead atoms. The van der Waals surface area contributed by atoms with E-state index in [2.05, 4.69) is 33.9 Å². The minimum Gasteiger partial charge on any atom is -0.387 e. The highest BCUT2D eigenvalue weighted by atomic mass is 32.1. The standard InChI is InChI=1S/C13H13N3OS/c1-2-12(17)11-8-16(15-14-11)10-3-4-13-9(7-10)5-6-18-13/h3-8,12,17H,2H2,1H3. The van der Waals surface area contributed by atoms with Crippen LogP contribution in [0.1, 0.15) is 25.1 Å². The van der Waals surface area contributed by atoms with Crippen LogP contribution >= 0.6 is 11.3 Å². The average molecular weight is 259 g/mol. The number of aliphatic hydroxyl groups excluding tert-OH is 1. The van der Waals surface area contributed by atoms with E-state index >= 15 is 0 Å². The predicted octanol–water partition coefficient (Wildman–Crippen LogP) is 2.93. The number of hydrogen-bond donors (Lipinski definition) is 1. The van der Waals surface area contributed by atoms with Crippen LogP contribution in [0.5, 0.6) is 0 Å². The van der Waals surface area contributed by atoms with Crippen LogP contribution < -0.4 is 0 Å². The summed E-state index contributed by atoms with van der Waals surface area (Å²) in [5.74, 6) is 0. The smallest absolute Gasteiger partial charge is 0.112 e. The summed E-state index contributed by atoms with van der Waals surface area (Å²) in [6, 6.07) is 8.24. The Kier molecular flexibility index (Phi) is 2.85. The van der Waals surface area contributed by atoms with Gasteiger partial charge in [0.2, 0.25) is 0 Å². The molecule has 4 nitrogen and oxygen atoms in total. The van der Waals surface area contributed by atoms with Crippen molar-refractivity contribution in [3.05, 3.63) is 41.5 Å². The van der Waals surface area contributed by atoms with Crippen LogP contribution in [-0.4, -0.2) is 20.1 Å². The zero-order chi connectivity index (χ0) is 12.5. The molecule has 1 N–H and O–H groups in total. The summed E-state index contributed by atoms with van der Waals surface area (Å²) in [5.41, 5.74) is 1.57. The molecule has 0 fully saturated rings. The van der Waals surface area contributed by atoms with Gasteiger partial charge in [0.05, 0.1) is 18.0 Å². The molecule has 2 heterocycles. The van der Waals surface area contributed by atoms with E-state index in [9.17, 15) is 5.11 Å². The van der Waals surface area contributed by atoms with Gasteiger partial charge in [-0.2, -0.15) is 0 Å². The molecule has 0 radical (unpaired) electrons.